The van der Waals surface area contributed by atoms with Crippen LogP contribution in [0.25, 0.3) is 0 Å². The molecule has 0 bridgehead atoms. The van der Waals surface area contributed by atoms with Crippen LogP contribution in [0, 0.1) is 11.3 Å². The van der Waals surface area contributed by atoms with Crippen molar-refractivity contribution < 1.29 is 14.3 Å². The largest absolute Gasteiger partial charge is 0.353 e. The number of amides is 1. The highest BCUT2D eigenvalue weighted by atomic mass is 16.7. The van der Waals surface area contributed by atoms with Gasteiger partial charge in [-0.2, -0.15) is 0 Å². The van der Waals surface area contributed by atoms with Crippen LogP contribution in [0.15, 0.2) is 0 Å². The number of hydrogen-bond acceptors (Lipinski definition) is 4. The molecule has 4 rings (SSSR count). The van der Waals surface area contributed by atoms with Crippen LogP contribution < -0.4 is 0 Å². The third-order valence-electron chi connectivity index (χ3n) is 6.61. The fourth-order valence-electron chi connectivity index (χ4n) is 4.79. The van der Waals surface area contributed by atoms with Crippen molar-refractivity contribution in [2.45, 2.75) is 57.7 Å². The van der Waals surface area contributed by atoms with Gasteiger partial charge in [-0.05, 0) is 69.9 Å². The summed E-state index contributed by atoms with van der Waals surface area (Å²) in [6.07, 6.45) is 9.39. The Bertz CT molecular complexity index is 436. The maximum atomic E-state index is 12.6. The van der Waals surface area contributed by atoms with Crippen molar-refractivity contribution in [1.82, 2.24) is 9.80 Å². The molecule has 1 aliphatic carbocycles. The molecule has 2 atom stereocenters. The first-order chi connectivity index (χ1) is 11.8. The molecule has 0 aromatic carbocycles. The van der Waals surface area contributed by atoms with Gasteiger partial charge in [-0.25, -0.2) is 0 Å². The van der Waals surface area contributed by atoms with Crippen LogP contribution in [0.5, 0.6) is 0 Å². The summed E-state index contributed by atoms with van der Waals surface area (Å²) in [4.78, 5) is 17.2. The number of rotatable bonds is 5. The lowest BCUT2D eigenvalue weighted by molar-refractivity contribution is -0.164. The second-order valence-corrected chi connectivity index (χ2v) is 8.16. The predicted molar refractivity (Wildman–Crippen MR) is 91.6 cm³/mol. The standard InChI is InChI=1S/C19H32N2O3/c22-18(21-8-2-3-9-21)16-15-19(16)6-10-20(11-7-19)12-14-24-17-5-1-4-13-23-17/h16-17H,1-15H2/t16-,17-/m0/s1. The van der Waals surface area contributed by atoms with Crippen molar-refractivity contribution >= 4 is 5.91 Å². The van der Waals surface area contributed by atoms with Gasteiger partial charge in [0.25, 0.3) is 0 Å². The highest BCUT2D eigenvalue weighted by Gasteiger charge is 2.59. The van der Waals surface area contributed by atoms with Crippen LogP contribution in [-0.2, 0) is 14.3 Å². The second-order valence-electron chi connectivity index (χ2n) is 8.16. The maximum Gasteiger partial charge on any atom is 0.226 e. The third kappa shape index (κ3) is 3.63. The average molecular weight is 336 g/mol. The maximum absolute atomic E-state index is 12.6. The summed E-state index contributed by atoms with van der Waals surface area (Å²) in [7, 11) is 0. The van der Waals surface area contributed by atoms with Gasteiger partial charge in [-0.15, -0.1) is 0 Å². The van der Waals surface area contributed by atoms with E-state index >= 15 is 0 Å². The Balaban J connectivity index is 1.15. The lowest BCUT2D eigenvalue weighted by Crippen LogP contribution is -2.39. The Morgan fingerprint density at radius 1 is 1.08 bits per heavy atom. The van der Waals surface area contributed by atoms with Crippen LogP contribution >= 0.6 is 0 Å². The minimum Gasteiger partial charge on any atom is -0.353 e. The van der Waals surface area contributed by atoms with E-state index in [0.29, 0.717) is 17.2 Å². The first-order valence-electron chi connectivity index (χ1n) is 10.0. The summed E-state index contributed by atoms with van der Waals surface area (Å²) in [6, 6.07) is 0. The van der Waals surface area contributed by atoms with E-state index < -0.39 is 0 Å². The van der Waals surface area contributed by atoms with Crippen LogP contribution in [0.3, 0.4) is 0 Å². The highest BCUT2D eigenvalue weighted by molar-refractivity contribution is 5.83. The van der Waals surface area contributed by atoms with Gasteiger partial charge in [0.2, 0.25) is 5.91 Å². The van der Waals surface area contributed by atoms with Crippen molar-refractivity contribution in [3.63, 3.8) is 0 Å². The SMILES string of the molecule is O=C([C@@H]1CC12CCN(CCO[C@H]1CCCCO1)CC2)N1CCCC1. The minimum atomic E-state index is 0.0285. The lowest BCUT2D eigenvalue weighted by Gasteiger charge is -2.33. The van der Waals surface area contributed by atoms with Gasteiger partial charge in [0.1, 0.15) is 0 Å². The molecule has 1 saturated carbocycles. The molecule has 24 heavy (non-hydrogen) atoms. The summed E-state index contributed by atoms with van der Waals surface area (Å²) in [5.41, 5.74) is 0.351. The van der Waals surface area contributed by atoms with Gasteiger partial charge in [0.15, 0.2) is 6.29 Å². The smallest absolute Gasteiger partial charge is 0.226 e. The van der Waals surface area contributed by atoms with Gasteiger partial charge in [-0.1, -0.05) is 0 Å². The van der Waals surface area contributed by atoms with E-state index in [1.807, 2.05) is 0 Å². The normalized spacial score (nSPS) is 33.1. The molecule has 4 aliphatic rings. The van der Waals surface area contributed by atoms with Crippen LogP contribution in [0.2, 0.25) is 0 Å². The van der Waals surface area contributed by atoms with E-state index in [0.717, 1.165) is 58.8 Å². The minimum absolute atomic E-state index is 0.0285. The summed E-state index contributed by atoms with van der Waals surface area (Å²) >= 11 is 0. The Hall–Kier alpha value is -0.650. The van der Waals surface area contributed by atoms with Crippen molar-refractivity contribution in [3.8, 4) is 0 Å². The monoisotopic (exact) mass is 336 g/mol. The van der Waals surface area contributed by atoms with Gasteiger partial charge >= 0.3 is 0 Å². The zero-order valence-corrected chi connectivity index (χ0v) is 14.9. The van der Waals surface area contributed by atoms with Crippen molar-refractivity contribution in [2.75, 3.05) is 45.9 Å². The van der Waals surface area contributed by atoms with E-state index in [4.69, 9.17) is 9.47 Å². The second kappa shape index (κ2) is 7.30. The van der Waals surface area contributed by atoms with E-state index in [1.165, 1.54) is 38.5 Å². The van der Waals surface area contributed by atoms with Crippen molar-refractivity contribution in [2.24, 2.45) is 11.3 Å². The fourth-order valence-corrected chi connectivity index (χ4v) is 4.79. The molecule has 0 aromatic rings. The molecule has 1 spiro atoms. The van der Waals surface area contributed by atoms with Crippen LogP contribution in [0.1, 0.15) is 51.4 Å². The average Bonchev–Trinajstić information content (AvgIpc) is 3.06. The molecule has 0 radical (unpaired) electrons. The van der Waals surface area contributed by atoms with Crippen LogP contribution in [-0.4, -0.2) is 67.9 Å². The van der Waals surface area contributed by atoms with E-state index in [1.54, 1.807) is 0 Å². The topological polar surface area (TPSA) is 42.0 Å². The summed E-state index contributed by atoms with van der Waals surface area (Å²) in [6.45, 7) is 6.87. The number of carbonyl (C=O) groups excluding carboxylic acids is 1. The molecule has 3 saturated heterocycles. The van der Waals surface area contributed by atoms with Gasteiger partial charge in [-0.3, -0.25) is 4.79 Å². The highest BCUT2D eigenvalue weighted by Crippen LogP contribution is 2.60. The molecule has 136 valence electrons. The Kier molecular flexibility index (Phi) is 5.11. The fraction of sp³-hybridized carbons (Fsp3) is 0.947. The quantitative estimate of drug-likeness (QED) is 0.772. The number of likely N-dealkylation sites (tertiary alicyclic amines) is 2. The van der Waals surface area contributed by atoms with E-state index in [9.17, 15) is 4.79 Å². The zero-order valence-electron chi connectivity index (χ0n) is 14.9. The lowest BCUT2D eigenvalue weighted by atomic mass is 9.90. The summed E-state index contributed by atoms with van der Waals surface area (Å²) in [5.74, 6) is 0.795. The molecule has 5 nitrogen and oxygen atoms in total. The van der Waals surface area contributed by atoms with E-state index in [2.05, 4.69) is 9.80 Å². The summed E-state index contributed by atoms with van der Waals surface area (Å²) < 4.78 is 11.5. The van der Waals surface area contributed by atoms with Gasteiger partial charge < -0.3 is 19.3 Å². The number of nitrogens with zero attached hydrogens (tertiary/aromatic N) is 2. The molecule has 0 unspecified atom stereocenters. The van der Waals surface area contributed by atoms with Crippen molar-refractivity contribution in [1.29, 1.82) is 0 Å². The molecule has 1 amide bonds. The molecule has 5 heteroatoms. The first kappa shape index (κ1) is 16.8. The molecule has 3 aliphatic heterocycles. The molecule has 0 N–H and O–H groups in total. The number of ether oxygens (including phenoxy) is 2. The Morgan fingerprint density at radius 2 is 1.88 bits per heavy atom. The van der Waals surface area contributed by atoms with Gasteiger partial charge in [0, 0.05) is 32.2 Å². The molecule has 4 fully saturated rings. The first-order valence-corrected chi connectivity index (χ1v) is 10.0. The van der Waals surface area contributed by atoms with Gasteiger partial charge in [0.05, 0.1) is 6.61 Å². The zero-order chi connectivity index (χ0) is 16.4. The Labute approximate surface area is 145 Å². The number of hydrogen-bond donors (Lipinski definition) is 0. The third-order valence-corrected chi connectivity index (χ3v) is 6.61. The molecular formula is C19H32N2O3. The van der Waals surface area contributed by atoms with E-state index in [-0.39, 0.29) is 6.29 Å². The molecule has 3 heterocycles. The Morgan fingerprint density at radius 3 is 2.58 bits per heavy atom. The number of piperidine rings is 1. The van der Waals surface area contributed by atoms with Crippen LogP contribution in [0.4, 0.5) is 0 Å². The number of carbonyl (C=O) groups is 1. The summed E-state index contributed by atoms with van der Waals surface area (Å²) in [5, 5.41) is 0. The van der Waals surface area contributed by atoms with Crippen molar-refractivity contribution in [3.05, 3.63) is 0 Å². The predicted octanol–water partition coefficient (Wildman–Crippen LogP) is 2.25. The molecule has 0 aromatic heterocycles. The molecular weight excluding hydrogens is 304 g/mol.